The van der Waals surface area contributed by atoms with Crippen molar-refractivity contribution in [1.82, 2.24) is 4.72 Å². The number of nitrogens with one attached hydrogen (secondary N) is 1. The monoisotopic (exact) mass is 287 g/mol. The van der Waals surface area contributed by atoms with Crippen LogP contribution in [0.5, 0.6) is 5.75 Å². The fourth-order valence-corrected chi connectivity index (χ4v) is 2.70. The number of methoxy groups -OCH3 is 2. The Morgan fingerprint density at radius 3 is 2.74 bits per heavy atom. The molecule has 1 rings (SSSR count). The topological polar surface area (TPSA) is 64.6 Å². The quantitative estimate of drug-likeness (QED) is 0.693. The molecule has 0 spiro atoms. The maximum absolute atomic E-state index is 11.7. The summed E-state index contributed by atoms with van der Waals surface area (Å²) >= 11 is 0. The minimum absolute atomic E-state index is 0.0765. The molecule has 0 aliphatic heterocycles. The van der Waals surface area contributed by atoms with E-state index >= 15 is 0 Å². The lowest BCUT2D eigenvalue weighted by Gasteiger charge is -2.07. The van der Waals surface area contributed by atoms with Crippen molar-refractivity contribution in [3.05, 3.63) is 29.8 Å². The first-order valence-corrected chi connectivity index (χ1v) is 7.82. The van der Waals surface area contributed by atoms with Crippen molar-refractivity contribution in [3.63, 3.8) is 0 Å². The Balaban J connectivity index is 2.41. The van der Waals surface area contributed by atoms with E-state index in [0.29, 0.717) is 26.0 Å². The van der Waals surface area contributed by atoms with Crippen LogP contribution in [0.15, 0.2) is 24.3 Å². The lowest BCUT2D eigenvalue weighted by molar-refractivity contribution is 0.196. The number of aryl methyl sites for hydroxylation is 1. The molecule has 0 bridgehead atoms. The first-order valence-electron chi connectivity index (χ1n) is 6.16. The lowest BCUT2D eigenvalue weighted by atomic mass is 10.2. The molecule has 0 aromatic heterocycles. The number of hydrogen-bond donors (Lipinski definition) is 1. The Bertz CT molecular complexity index is 473. The van der Waals surface area contributed by atoms with Gasteiger partial charge in [0.05, 0.1) is 12.9 Å². The molecule has 0 amide bonds. The van der Waals surface area contributed by atoms with Gasteiger partial charge in [-0.05, 0) is 30.5 Å². The predicted octanol–water partition coefficient (Wildman–Crippen LogP) is 1.19. The highest BCUT2D eigenvalue weighted by atomic mass is 32.2. The van der Waals surface area contributed by atoms with E-state index in [0.717, 1.165) is 11.3 Å². The van der Waals surface area contributed by atoms with Gasteiger partial charge < -0.3 is 9.47 Å². The third kappa shape index (κ3) is 6.56. The standard InChI is InChI=1S/C13H21NO4S/c1-17-9-4-8-14-19(15,16)10-7-12-5-3-6-13(11-12)18-2/h3,5-6,11,14H,4,7-10H2,1-2H3. The van der Waals surface area contributed by atoms with Crippen LogP contribution in [-0.4, -0.2) is 41.5 Å². The molecule has 0 aliphatic rings. The maximum Gasteiger partial charge on any atom is 0.211 e. The summed E-state index contributed by atoms with van der Waals surface area (Å²) in [6.45, 7) is 0.965. The zero-order valence-electron chi connectivity index (χ0n) is 11.4. The second kappa shape index (κ2) is 8.14. The molecule has 1 aromatic carbocycles. The fraction of sp³-hybridized carbons (Fsp3) is 0.538. The van der Waals surface area contributed by atoms with Gasteiger partial charge in [-0.2, -0.15) is 0 Å². The molecule has 0 unspecified atom stereocenters. The van der Waals surface area contributed by atoms with Gasteiger partial charge in [0.15, 0.2) is 0 Å². The normalized spacial score (nSPS) is 11.5. The van der Waals surface area contributed by atoms with E-state index in [1.165, 1.54) is 0 Å². The van der Waals surface area contributed by atoms with Gasteiger partial charge in [-0.1, -0.05) is 12.1 Å². The van der Waals surface area contributed by atoms with Crippen LogP contribution < -0.4 is 9.46 Å². The highest BCUT2D eigenvalue weighted by Crippen LogP contribution is 2.13. The van der Waals surface area contributed by atoms with Gasteiger partial charge in [-0.3, -0.25) is 0 Å². The Morgan fingerprint density at radius 1 is 1.26 bits per heavy atom. The average Bonchev–Trinajstić information content (AvgIpc) is 2.42. The molecule has 0 saturated heterocycles. The van der Waals surface area contributed by atoms with E-state index in [2.05, 4.69) is 4.72 Å². The lowest BCUT2D eigenvalue weighted by Crippen LogP contribution is -2.28. The van der Waals surface area contributed by atoms with Crippen molar-refractivity contribution in [2.24, 2.45) is 0 Å². The molecule has 1 N–H and O–H groups in total. The zero-order chi connectivity index (χ0) is 14.1. The van der Waals surface area contributed by atoms with Gasteiger partial charge in [0.25, 0.3) is 0 Å². The van der Waals surface area contributed by atoms with Crippen LogP contribution >= 0.6 is 0 Å². The van der Waals surface area contributed by atoms with Crippen LogP contribution in [0.2, 0.25) is 0 Å². The molecule has 0 heterocycles. The van der Waals surface area contributed by atoms with Crippen molar-refractivity contribution in [2.45, 2.75) is 12.8 Å². The third-order valence-corrected chi connectivity index (χ3v) is 4.03. The van der Waals surface area contributed by atoms with Gasteiger partial charge in [0.1, 0.15) is 5.75 Å². The molecular formula is C13H21NO4S. The molecule has 0 saturated carbocycles. The van der Waals surface area contributed by atoms with Crippen LogP contribution in [0.4, 0.5) is 0 Å². The number of benzene rings is 1. The van der Waals surface area contributed by atoms with E-state index in [1.54, 1.807) is 14.2 Å². The molecule has 0 radical (unpaired) electrons. The molecule has 0 aliphatic carbocycles. The first kappa shape index (κ1) is 15.9. The van der Waals surface area contributed by atoms with Gasteiger partial charge >= 0.3 is 0 Å². The molecular weight excluding hydrogens is 266 g/mol. The number of hydrogen-bond acceptors (Lipinski definition) is 4. The summed E-state index contributed by atoms with van der Waals surface area (Å²) in [6, 6.07) is 7.43. The summed E-state index contributed by atoms with van der Waals surface area (Å²) in [4.78, 5) is 0. The van der Waals surface area contributed by atoms with Crippen molar-refractivity contribution >= 4 is 10.0 Å². The van der Waals surface area contributed by atoms with E-state index in [1.807, 2.05) is 24.3 Å². The molecule has 0 fully saturated rings. The Kier molecular flexibility index (Phi) is 6.83. The number of sulfonamides is 1. The molecule has 5 nitrogen and oxygen atoms in total. The molecule has 0 atom stereocenters. The minimum atomic E-state index is -3.23. The SMILES string of the molecule is COCCCNS(=O)(=O)CCc1cccc(OC)c1. The van der Waals surface area contributed by atoms with Crippen molar-refractivity contribution < 1.29 is 17.9 Å². The van der Waals surface area contributed by atoms with Crippen LogP contribution in [0.3, 0.4) is 0 Å². The highest BCUT2D eigenvalue weighted by molar-refractivity contribution is 7.89. The second-order valence-corrected chi connectivity index (χ2v) is 6.09. The summed E-state index contributed by atoms with van der Waals surface area (Å²) in [5.41, 5.74) is 0.946. The van der Waals surface area contributed by atoms with Gasteiger partial charge in [-0.25, -0.2) is 13.1 Å². The minimum Gasteiger partial charge on any atom is -0.497 e. The third-order valence-electron chi connectivity index (χ3n) is 2.64. The fourth-order valence-electron chi connectivity index (χ4n) is 1.60. The maximum atomic E-state index is 11.7. The summed E-state index contributed by atoms with van der Waals surface area (Å²) in [6.07, 6.45) is 1.14. The van der Waals surface area contributed by atoms with Gasteiger partial charge in [0, 0.05) is 20.3 Å². The second-order valence-electron chi connectivity index (χ2n) is 4.16. The summed E-state index contributed by atoms with van der Waals surface area (Å²) in [5.74, 6) is 0.815. The van der Waals surface area contributed by atoms with Crippen molar-refractivity contribution in [3.8, 4) is 5.75 Å². The van der Waals surface area contributed by atoms with Gasteiger partial charge in [0.2, 0.25) is 10.0 Å². The largest absolute Gasteiger partial charge is 0.497 e. The van der Waals surface area contributed by atoms with Gasteiger partial charge in [-0.15, -0.1) is 0 Å². The molecule has 1 aromatic rings. The van der Waals surface area contributed by atoms with Crippen molar-refractivity contribution in [2.75, 3.05) is 33.1 Å². The Morgan fingerprint density at radius 2 is 2.05 bits per heavy atom. The Labute approximate surface area is 115 Å². The van der Waals surface area contributed by atoms with E-state index in [-0.39, 0.29) is 5.75 Å². The Hall–Kier alpha value is -1.11. The number of rotatable bonds is 9. The summed E-state index contributed by atoms with van der Waals surface area (Å²) in [5, 5.41) is 0. The highest BCUT2D eigenvalue weighted by Gasteiger charge is 2.09. The van der Waals surface area contributed by atoms with Crippen molar-refractivity contribution in [1.29, 1.82) is 0 Å². The zero-order valence-corrected chi connectivity index (χ0v) is 12.2. The average molecular weight is 287 g/mol. The number of ether oxygens (including phenoxy) is 2. The molecule has 19 heavy (non-hydrogen) atoms. The summed E-state index contributed by atoms with van der Waals surface area (Å²) in [7, 11) is -0.0412. The molecule has 6 heteroatoms. The summed E-state index contributed by atoms with van der Waals surface area (Å²) < 4.78 is 36.0. The van der Waals surface area contributed by atoms with Crippen LogP contribution in [0.1, 0.15) is 12.0 Å². The van der Waals surface area contributed by atoms with E-state index in [4.69, 9.17) is 9.47 Å². The van der Waals surface area contributed by atoms with E-state index in [9.17, 15) is 8.42 Å². The first-order chi connectivity index (χ1) is 9.07. The van der Waals surface area contributed by atoms with Crippen LogP contribution in [0, 0.1) is 0 Å². The van der Waals surface area contributed by atoms with Crippen LogP contribution in [-0.2, 0) is 21.2 Å². The smallest absolute Gasteiger partial charge is 0.211 e. The molecule has 108 valence electrons. The predicted molar refractivity (Wildman–Crippen MR) is 75.0 cm³/mol. The van der Waals surface area contributed by atoms with Crippen LogP contribution in [0.25, 0.3) is 0 Å². The van der Waals surface area contributed by atoms with E-state index < -0.39 is 10.0 Å².